The molecule has 0 atom stereocenters. The molecule has 0 radical (unpaired) electrons. The Morgan fingerprint density at radius 1 is 0.917 bits per heavy atom. The smallest absolute Gasteiger partial charge is 0.0672 e. The molecule has 0 aliphatic rings. The fourth-order valence-corrected chi connectivity index (χ4v) is 17.5. The van der Waals surface area contributed by atoms with E-state index in [9.17, 15) is 0 Å². The van der Waals surface area contributed by atoms with E-state index in [0.29, 0.717) is 0 Å². The maximum Gasteiger partial charge on any atom is 0.0672 e. The summed E-state index contributed by atoms with van der Waals surface area (Å²) in [6, 6.07) is 0. The fraction of sp³-hybridized carbons (Fsp3) is 0.778. The van der Waals surface area contributed by atoms with Crippen molar-refractivity contribution in [3.05, 3.63) is 10.5 Å². The van der Waals surface area contributed by atoms with Crippen molar-refractivity contribution in [2.75, 3.05) is 0 Å². The largest absolute Gasteiger partial charge is 0.110 e. The first-order valence-electron chi connectivity index (χ1n) is 4.90. The summed E-state index contributed by atoms with van der Waals surface area (Å²) in [5, 5.41) is 0. The lowest BCUT2D eigenvalue weighted by atomic mass is 11.2. The highest BCUT2D eigenvalue weighted by Gasteiger charge is 2.29. The van der Waals surface area contributed by atoms with Gasteiger partial charge >= 0.3 is 0 Å². The van der Waals surface area contributed by atoms with Gasteiger partial charge in [-0.05, 0) is 0 Å². The van der Waals surface area contributed by atoms with Crippen LogP contribution in [0.15, 0.2) is 10.5 Å². The van der Waals surface area contributed by atoms with E-state index in [1.807, 2.05) is 4.82 Å². The average molecular weight is 217 g/mol. The van der Waals surface area contributed by atoms with E-state index in [1.165, 1.54) is 0 Å². The molecule has 0 rings (SSSR count). The Morgan fingerprint density at radius 3 is 1.33 bits per heavy atom. The van der Waals surface area contributed by atoms with Crippen LogP contribution in [0, 0.1) is 0 Å². The maximum absolute atomic E-state index is 2.64. The number of rotatable bonds is 3. The first-order valence-corrected chi connectivity index (χ1v) is 14.1. The van der Waals surface area contributed by atoms with Crippen LogP contribution >= 0.6 is 0 Å². The molecule has 0 nitrogen and oxygen atoms in total. The summed E-state index contributed by atoms with van der Waals surface area (Å²) >= 11 is 0. The maximum atomic E-state index is 2.64. The van der Waals surface area contributed by atoms with Gasteiger partial charge in [0.25, 0.3) is 0 Å². The molecule has 0 aromatic rings. The quantitative estimate of drug-likeness (QED) is 0.637. The minimum atomic E-state index is -0.985. The highest BCUT2D eigenvalue weighted by Crippen LogP contribution is 2.24. The molecule has 0 saturated heterocycles. The second-order valence-electron chi connectivity index (χ2n) is 5.53. The summed E-state index contributed by atoms with van der Waals surface area (Å²) in [6.07, 6.45) is 0. The van der Waals surface area contributed by atoms with Gasteiger partial charge in [-0.15, -0.1) is 5.70 Å². The van der Waals surface area contributed by atoms with E-state index in [-0.39, 0.29) is 9.52 Å². The molecule has 0 aliphatic carbocycles. The van der Waals surface area contributed by atoms with Gasteiger partial charge in [-0.25, -0.2) is 0 Å². The van der Waals surface area contributed by atoms with Crippen LogP contribution in [0.2, 0.25) is 45.8 Å². The Kier molecular flexibility index (Phi) is 4.20. The van der Waals surface area contributed by atoms with Crippen molar-refractivity contribution in [2.45, 2.75) is 45.8 Å². The van der Waals surface area contributed by atoms with Crippen LogP contribution in [0.4, 0.5) is 0 Å². The van der Waals surface area contributed by atoms with Gasteiger partial charge in [0.2, 0.25) is 0 Å². The molecule has 72 valence electrons. The van der Waals surface area contributed by atoms with Crippen molar-refractivity contribution in [3.63, 3.8) is 0 Å². The Labute approximate surface area is 82.3 Å². The predicted molar refractivity (Wildman–Crippen MR) is 69.2 cm³/mol. The summed E-state index contributed by atoms with van der Waals surface area (Å²) in [5.74, 6) is 0. The molecule has 12 heavy (non-hydrogen) atoms. The normalized spacial score (nSPS) is 13.9. The summed E-state index contributed by atoms with van der Waals surface area (Å²) < 4.78 is 0. The topological polar surface area (TPSA) is 0 Å². The van der Waals surface area contributed by atoms with Crippen molar-refractivity contribution in [2.24, 2.45) is 0 Å². The van der Waals surface area contributed by atoms with Gasteiger partial charge < -0.3 is 0 Å². The lowest BCUT2D eigenvalue weighted by Crippen LogP contribution is -2.40. The van der Waals surface area contributed by atoms with Gasteiger partial charge in [-0.3, -0.25) is 0 Å². The van der Waals surface area contributed by atoms with Crippen LogP contribution in [0.1, 0.15) is 0 Å². The number of hydrogen-bond acceptors (Lipinski definition) is 0. The van der Waals surface area contributed by atoms with Crippen LogP contribution in [0.3, 0.4) is 0 Å². The first kappa shape index (κ1) is 12.4. The van der Waals surface area contributed by atoms with Crippen LogP contribution in [0.25, 0.3) is 0 Å². The second-order valence-corrected chi connectivity index (χ2v) is 17.3. The SMILES string of the molecule is C[SiH2]C=C([Si](C)(C)C)[Si](C)(C)C. The minimum absolute atomic E-state index is 0.114. The monoisotopic (exact) mass is 216 g/mol. The van der Waals surface area contributed by atoms with E-state index < -0.39 is 16.1 Å². The molecule has 0 unspecified atom stereocenters. The van der Waals surface area contributed by atoms with Crippen LogP contribution in [-0.4, -0.2) is 25.7 Å². The van der Waals surface area contributed by atoms with Crippen molar-refractivity contribution in [1.82, 2.24) is 0 Å². The van der Waals surface area contributed by atoms with Gasteiger partial charge in [-0.2, -0.15) is 0 Å². The zero-order valence-corrected chi connectivity index (χ0v) is 13.2. The van der Waals surface area contributed by atoms with Gasteiger partial charge in [0.05, 0.1) is 16.1 Å². The molecule has 0 aromatic heterocycles. The molecule has 0 aromatic carbocycles. The van der Waals surface area contributed by atoms with Crippen LogP contribution in [0.5, 0.6) is 0 Å². The molecular formula is C9H24Si3. The zero-order chi connectivity index (χ0) is 9.99. The van der Waals surface area contributed by atoms with Gasteiger partial charge in [0.15, 0.2) is 0 Å². The van der Waals surface area contributed by atoms with Gasteiger partial charge in [-0.1, -0.05) is 50.6 Å². The zero-order valence-electron chi connectivity index (χ0n) is 9.78. The van der Waals surface area contributed by atoms with Crippen LogP contribution < -0.4 is 0 Å². The lowest BCUT2D eigenvalue weighted by molar-refractivity contribution is 1.64. The molecular weight excluding hydrogens is 192 g/mol. The molecule has 0 amide bonds. The summed E-state index contributed by atoms with van der Waals surface area (Å²) in [4.78, 5) is 1.91. The Morgan fingerprint density at radius 2 is 1.25 bits per heavy atom. The molecule has 0 saturated carbocycles. The summed E-state index contributed by atoms with van der Waals surface area (Å²) in [6.45, 7) is 17.3. The number of hydrogen-bond donors (Lipinski definition) is 0. The highest BCUT2D eigenvalue weighted by atomic mass is 28.4. The third-order valence-electron chi connectivity index (χ3n) is 2.02. The molecule has 0 bridgehead atoms. The van der Waals surface area contributed by atoms with E-state index >= 15 is 0 Å². The van der Waals surface area contributed by atoms with E-state index in [0.717, 1.165) is 0 Å². The Hall–Kier alpha value is 0.391. The second kappa shape index (κ2) is 4.07. The molecule has 0 N–H and O–H groups in total. The third kappa shape index (κ3) is 3.87. The van der Waals surface area contributed by atoms with Crippen LogP contribution in [-0.2, 0) is 0 Å². The van der Waals surface area contributed by atoms with E-state index in [2.05, 4.69) is 51.5 Å². The molecule has 0 heterocycles. The lowest BCUT2D eigenvalue weighted by Gasteiger charge is -2.31. The Balaban J connectivity index is 4.83. The van der Waals surface area contributed by atoms with E-state index in [1.54, 1.807) is 0 Å². The van der Waals surface area contributed by atoms with Crippen molar-refractivity contribution in [3.8, 4) is 0 Å². The molecule has 0 aliphatic heterocycles. The van der Waals surface area contributed by atoms with Crippen molar-refractivity contribution < 1.29 is 0 Å². The predicted octanol–water partition coefficient (Wildman–Crippen LogP) is 2.84. The third-order valence-corrected chi connectivity index (χ3v) is 11.8. The summed E-state index contributed by atoms with van der Waals surface area (Å²) in [7, 11) is -1.86. The average Bonchev–Trinajstić information content (AvgIpc) is 1.77. The van der Waals surface area contributed by atoms with Gasteiger partial charge in [0.1, 0.15) is 0 Å². The van der Waals surface area contributed by atoms with Crippen molar-refractivity contribution in [1.29, 1.82) is 0 Å². The molecule has 0 spiro atoms. The first-order chi connectivity index (χ1) is 5.19. The highest BCUT2D eigenvalue weighted by molar-refractivity contribution is 7.05. The fourth-order valence-electron chi connectivity index (χ4n) is 1.94. The van der Waals surface area contributed by atoms with E-state index in [4.69, 9.17) is 0 Å². The molecule has 0 fully saturated rings. The Bertz CT molecular complexity index is 153. The summed E-state index contributed by atoms with van der Waals surface area (Å²) in [5.41, 5.74) is 2.64. The molecule has 3 heteroatoms. The van der Waals surface area contributed by atoms with Crippen molar-refractivity contribution >= 4 is 25.7 Å². The standard InChI is InChI=1S/C9H24Si3/c1-10-8-9(11(2,3)4)12(5,6)7/h8H,10H2,1-7H3. The minimum Gasteiger partial charge on any atom is -0.110 e. The van der Waals surface area contributed by atoms with Gasteiger partial charge in [0, 0.05) is 9.52 Å².